The van der Waals surface area contributed by atoms with Crippen LogP contribution in [0.1, 0.15) is 40.7 Å². The van der Waals surface area contributed by atoms with Crippen LogP contribution < -0.4 is 4.74 Å². The van der Waals surface area contributed by atoms with E-state index in [0.717, 1.165) is 46.5 Å². The van der Waals surface area contributed by atoms with E-state index in [4.69, 9.17) is 17.0 Å². The highest BCUT2D eigenvalue weighted by Crippen LogP contribution is 2.27. The summed E-state index contributed by atoms with van der Waals surface area (Å²) in [6.07, 6.45) is 3.53. The standard InChI is InChI=1S/C20H20BrNO2S/c1-14-5-7-15(8-6-14)20(23)24-18-10-9-16(21)13-17(18)19(25)22-11-3-2-4-12-22/h5-10,13H,2-4,11-12H2,1H3. The Balaban J connectivity index is 1.84. The van der Waals surface area contributed by atoms with E-state index in [0.29, 0.717) is 11.3 Å². The van der Waals surface area contributed by atoms with Crippen LogP contribution in [0.5, 0.6) is 5.75 Å². The highest BCUT2D eigenvalue weighted by atomic mass is 79.9. The van der Waals surface area contributed by atoms with Crippen LogP contribution in [0.4, 0.5) is 0 Å². The number of hydrogen-bond acceptors (Lipinski definition) is 3. The van der Waals surface area contributed by atoms with Gasteiger partial charge in [-0.15, -0.1) is 0 Å². The normalized spacial score (nSPS) is 14.2. The molecule has 3 rings (SSSR count). The number of ether oxygens (including phenoxy) is 1. The zero-order chi connectivity index (χ0) is 17.8. The van der Waals surface area contributed by atoms with Crippen LogP contribution in [0.3, 0.4) is 0 Å². The lowest BCUT2D eigenvalue weighted by Crippen LogP contribution is -2.35. The van der Waals surface area contributed by atoms with E-state index in [-0.39, 0.29) is 5.97 Å². The predicted octanol–water partition coefficient (Wildman–Crippen LogP) is 5.14. The summed E-state index contributed by atoms with van der Waals surface area (Å²) in [5.41, 5.74) is 2.42. The molecule has 0 aromatic heterocycles. The van der Waals surface area contributed by atoms with E-state index in [9.17, 15) is 4.79 Å². The number of likely N-dealkylation sites (tertiary alicyclic amines) is 1. The molecule has 5 heteroatoms. The average Bonchev–Trinajstić information content (AvgIpc) is 2.64. The fourth-order valence-corrected chi connectivity index (χ4v) is 3.58. The monoisotopic (exact) mass is 417 g/mol. The van der Waals surface area contributed by atoms with Crippen LogP contribution in [0, 0.1) is 6.92 Å². The van der Waals surface area contributed by atoms with Crippen LogP contribution in [0.15, 0.2) is 46.9 Å². The van der Waals surface area contributed by atoms with Crippen molar-refractivity contribution in [1.82, 2.24) is 4.90 Å². The van der Waals surface area contributed by atoms with Gasteiger partial charge in [-0.3, -0.25) is 0 Å². The van der Waals surface area contributed by atoms with Crippen molar-refractivity contribution in [2.24, 2.45) is 0 Å². The third-order valence-corrected chi connectivity index (χ3v) is 5.28. The molecular weight excluding hydrogens is 398 g/mol. The molecule has 130 valence electrons. The second kappa shape index (κ2) is 8.11. The molecule has 1 saturated heterocycles. The SMILES string of the molecule is Cc1ccc(C(=O)Oc2ccc(Br)cc2C(=S)N2CCCCC2)cc1. The van der Waals surface area contributed by atoms with Gasteiger partial charge in [-0.25, -0.2) is 4.79 Å². The first-order chi connectivity index (χ1) is 12.0. The molecule has 3 nitrogen and oxygen atoms in total. The highest BCUT2D eigenvalue weighted by Gasteiger charge is 2.20. The van der Waals surface area contributed by atoms with Gasteiger partial charge in [-0.1, -0.05) is 45.8 Å². The Labute approximate surface area is 162 Å². The minimum Gasteiger partial charge on any atom is -0.422 e. The minimum atomic E-state index is -0.370. The molecule has 2 aromatic rings. The summed E-state index contributed by atoms with van der Waals surface area (Å²) >= 11 is 9.18. The Hall–Kier alpha value is -1.72. The molecule has 0 unspecified atom stereocenters. The lowest BCUT2D eigenvalue weighted by Gasteiger charge is -2.29. The quantitative estimate of drug-likeness (QED) is 0.392. The molecule has 0 bridgehead atoms. The van der Waals surface area contributed by atoms with Crippen LogP contribution >= 0.6 is 28.1 Å². The van der Waals surface area contributed by atoms with Crippen LogP contribution in [-0.4, -0.2) is 28.9 Å². The van der Waals surface area contributed by atoms with Crippen molar-refractivity contribution in [3.05, 3.63) is 63.6 Å². The Morgan fingerprint density at radius 3 is 2.44 bits per heavy atom. The highest BCUT2D eigenvalue weighted by molar-refractivity contribution is 9.10. The number of benzene rings is 2. The molecule has 0 saturated carbocycles. The summed E-state index contributed by atoms with van der Waals surface area (Å²) in [6, 6.07) is 12.9. The number of nitrogens with zero attached hydrogens (tertiary/aromatic N) is 1. The van der Waals surface area contributed by atoms with Gasteiger partial charge < -0.3 is 9.64 Å². The molecule has 1 fully saturated rings. The Morgan fingerprint density at radius 1 is 1.08 bits per heavy atom. The van der Waals surface area contributed by atoms with Gasteiger partial charge in [0.2, 0.25) is 0 Å². The van der Waals surface area contributed by atoms with Crippen molar-refractivity contribution in [3.63, 3.8) is 0 Å². The van der Waals surface area contributed by atoms with E-state index in [1.54, 1.807) is 18.2 Å². The maximum Gasteiger partial charge on any atom is 0.343 e. The predicted molar refractivity (Wildman–Crippen MR) is 107 cm³/mol. The lowest BCUT2D eigenvalue weighted by molar-refractivity contribution is 0.0734. The van der Waals surface area contributed by atoms with Crippen molar-refractivity contribution in [1.29, 1.82) is 0 Å². The number of esters is 1. The van der Waals surface area contributed by atoms with E-state index < -0.39 is 0 Å². The summed E-state index contributed by atoms with van der Waals surface area (Å²) in [5, 5.41) is 0. The van der Waals surface area contributed by atoms with Gasteiger partial charge in [-0.2, -0.15) is 0 Å². The minimum absolute atomic E-state index is 0.370. The summed E-state index contributed by atoms with van der Waals surface area (Å²) in [6.45, 7) is 3.90. The van der Waals surface area contributed by atoms with Crippen LogP contribution in [0.25, 0.3) is 0 Å². The summed E-state index contributed by atoms with van der Waals surface area (Å²) in [4.78, 5) is 15.4. The van der Waals surface area contributed by atoms with Gasteiger partial charge in [-0.05, 0) is 56.5 Å². The maximum absolute atomic E-state index is 12.5. The zero-order valence-electron chi connectivity index (χ0n) is 14.1. The molecular formula is C20H20BrNO2S. The lowest BCUT2D eigenvalue weighted by atomic mass is 10.1. The Bertz CT molecular complexity index is 783. The third kappa shape index (κ3) is 4.47. The second-order valence-electron chi connectivity index (χ2n) is 6.25. The van der Waals surface area contributed by atoms with Crippen molar-refractivity contribution in [2.75, 3.05) is 13.1 Å². The molecule has 0 N–H and O–H groups in total. The molecule has 2 aromatic carbocycles. The van der Waals surface area contributed by atoms with Gasteiger partial charge in [0.05, 0.1) is 11.1 Å². The first kappa shape index (κ1) is 18.1. The van der Waals surface area contributed by atoms with E-state index in [1.807, 2.05) is 31.2 Å². The molecule has 0 radical (unpaired) electrons. The largest absolute Gasteiger partial charge is 0.422 e. The fraction of sp³-hybridized carbons (Fsp3) is 0.300. The maximum atomic E-state index is 12.5. The smallest absolute Gasteiger partial charge is 0.343 e. The van der Waals surface area contributed by atoms with E-state index >= 15 is 0 Å². The first-order valence-corrected chi connectivity index (χ1v) is 9.62. The summed E-state index contributed by atoms with van der Waals surface area (Å²) in [7, 11) is 0. The van der Waals surface area contributed by atoms with Crippen LogP contribution in [0.2, 0.25) is 0 Å². The van der Waals surface area contributed by atoms with Gasteiger partial charge >= 0.3 is 5.97 Å². The number of thiocarbonyl (C=S) groups is 1. The Kier molecular flexibility index (Phi) is 5.86. The van der Waals surface area contributed by atoms with Gasteiger partial charge in [0, 0.05) is 17.6 Å². The van der Waals surface area contributed by atoms with E-state index in [2.05, 4.69) is 20.8 Å². The topological polar surface area (TPSA) is 29.5 Å². The van der Waals surface area contributed by atoms with E-state index in [1.165, 1.54) is 6.42 Å². The number of carbonyl (C=O) groups is 1. The molecule has 25 heavy (non-hydrogen) atoms. The second-order valence-corrected chi connectivity index (χ2v) is 7.55. The summed E-state index contributed by atoms with van der Waals surface area (Å²) < 4.78 is 6.58. The molecule has 0 aliphatic carbocycles. The molecule has 1 heterocycles. The van der Waals surface area contributed by atoms with Gasteiger partial charge in [0.1, 0.15) is 10.7 Å². The Morgan fingerprint density at radius 2 is 1.76 bits per heavy atom. The van der Waals surface area contributed by atoms with Crippen molar-refractivity contribution in [2.45, 2.75) is 26.2 Å². The van der Waals surface area contributed by atoms with Crippen molar-refractivity contribution >= 4 is 39.1 Å². The molecule has 1 aliphatic rings. The molecule has 0 atom stereocenters. The van der Waals surface area contributed by atoms with Crippen molar-refractivity contribution in [3.8, 4) is 5.75 Å². The molecule has 1 aliphatic heterocycles. The number of carbonyl (C=O) groups excluding carboxylic acids is 1. The number of halogens is 1. The number of aryl methyl sites for hydroxylation is 1. The van der Waals surface area contributed by atoms with Crippen LogP contribution in [-0.2, 0) is 0 Å². The van der Waals surface area contributed by atoms with Crippen molar-refractivity contribution < 1.29 is 9.53 Å². The number of rotatable bonds is 3. The number of piperidine rings is 1. The summed E-state index contributed by atoms with van der Waals surface area (Å²) in [5.74, 6) is 0.134. The van der Waals surface area contributed by atoms with Gasteiger partial charge in [0.15, 0.2) is 0 Å². The zero-order valence-corrected chi connectivity index (χ0v) is 16.5. The van der Waals surface area contributed by atoms with Gasteiger partial charge in [0.25, 0.3) is 0 Å². The fourth-order valence-electron chi connectivity index (χ4n) is 2.87. The molecule has 0 spiro atoms. The third-order valence-electron chi connectivity index (χ3n) is 4.31. The first-order valence-electron chi connectivity index (χ1n) is 8.42. The number of hydrogen-bond donors (Lipinski definition) is 0. The molecule has 0 amide bonds. The average molecular weight is 418 g/mol.